The number of carbonyl (C=O) groups excluding carboxylic acids is 1. The molecule has 0 bridgehead atoms. The number of amides is 1. The van der Waals surface area contributed by atoms with Crippen molar-refractivity contribution in [2.24, 2.45) is 5.73 Å². The first-order valence-electron chi connectivity index (χ1n) is 6.13. The summed E-state index contributed by atoms with van der Waals surface area (Å²) in [6.45, 7) is 4.38. The Morgan fingerprint density at radius 2 is 2.00 bits per heavy atom. The predicted octanol–water partition coefficient (Wildman–Crippen LogP) is -0.339. The molecule has 1 saturated heterocycles. The summed E-state index contributed by atoms with van der Waals surface area (Å²) < 4.78 is 0. The Morgan fingerprint density at radius 3 is 2.61 bits per heavy atom. The number of primary amides is 1. The lowest BCUT2D eigenvalue weighted by Gasteiger charge is -2.35. The fourth-order valence-corrected chi connectivity index (χ4v) is 2.08. The first-order valence-corrected chi connectivity index (χ1v) is 6.13. The molecule has 2 heterocycles. The van der Waals surface area contributed by atoms with Crippen molar-refractivity contribution in [1.82, 2.24) is 9.88 Å². The van der Waals surface area contributed by atoms with Crippen LogP contribution in [0, 0.1) is 0 Å². The van der Waals surface area contributed by atoms with E-state index >= 15 is 0 Å². The maximum atomic E-state index is 10.7. The van der Waals surface area contributed by atoms with E-state index in [9.17, 15) is 4.79 Å². The van der Waals surface area contributed by atoms with Crippen LogP contribution in [0.4, 0.5) is 11.6 Å². The summed E-state index contributed by atoms with van der Waals surface area (Å²) in [6, 6.07) is 5.67. The fourth-order valence-electron chi connectivity index (χ4n) is 2.08. The molecule has 1 aliphatic rings. The Bertz CT molecular complexity index is 415. The van der Waals surface area contributed by atoms with Gasteiger partial charge in [-0.3, -0.25) is 9.69 Å². The van der Waals surface area contributed by atoms with Gasteiger partial charge in [-0.2, -0.15) is 0 Å². The van der Waals surface area contributed by atoms with Gasteiger partial charge in [0.2, 0.25) is 5.91 Å². The van der Waals surface area contributed by atoms with Crippen LogP contribution in [0.2, 0.25) is 0 Å². The third-order valence-electron chi connectivity index (χ3n) is 3.13. The number of anilines is 2. The van der Waals surface area contributed by atoms with Crippen LogP contribution in [0.3, 0.4) is 0 Å². The number of piperazine rings is 1. The van der Waals surface area contributed by atoms with Crippen molar-refractivity contribution in [1.29, 1.82) is 0 Å². The number of hydrogen-bond acceptors (Lipinski definition) is 5. The van der Waals surface area contributed by atoms with E-state index in [0.29, 0.717) is 12.2 Å². The monoisotopic (exact) mass is 249 g/mol. The van der Waals surface area contributed by atoms with E-state index in [-0.39, 0.29) is 5.91 Å². The zero-order chi connectivity index (χ0) is 13.0. The van der Waals surface area contributed by atoms with Crippen LogP contribution < -0.4 is 16.4 Å². The van der Waals surface area contributed by atoms with Crippen molar-refractivity contribution >= 4 is 17.5 Å². The molecule has 0 unspecified atom stereocenters. The normalized spacial score (nSPS) is 16.8. The van der Waals surface area contributed by atoms with Crippen LogP contribution in [-0.4, -0.2) is 48.5 Å². The minimum atomic E-state index is -0.241. The van der Waals surface area contributed by atoms with Gasteiger partial charge in [0.05, 0.1) is 0 Å². The van der Waals surface area contributed by atoms with E-state index in [1.807, 2.05) is 12.1 Å². The highest BCUT2D eigenvalue weighted by Crippen LogP contribution is 2.14. The summed E-state index contributed by atoms with van der Waals surface area (Å²) in [5.41, 5.74) is 10.8. The summed E-state index contributed by atoms with van der Waals surface area (Å²) in [5.74, 6) is 1.23. The largest absolute Gasteiger partial charge is 0.384 e. The molecule has 1 aromatic rings. The van der Waals surface area contributed by atoms with E-state index in [1.54, 1.807) is 6.07 Å². The van der Waals surface area contributed by atoms with Gasteiger partial charge in [0.1, 0.15) is 11.6 Å². The van der Waals surface area contributed by atoms with Crippen molar-refractivity contribution in [2.75, 3.05) is 43.4 Å². The summed E-state index contributed by atoms with van der Waals surface area (Å²) in [4.78, 5) is 19.5. The maximum absolute atomic E-state index is 10.7. The lowest BCUT2D eigenvalue weighted by atomic mass is 10.2. The number of hydrogen-bond donors (Lipinski definition) is 2. The molecule has 1 amide bonds. The van der Waals surface area contributed by atoms with Gasteiger partial charge in [0, 0.05) is 39.1 Å². The summed E-state index contributed by atoms with van der Waals surface area (Å²) >= 11 is 0. The number of pyridine rings is 1. The van der Waals surface area contributed by atoms with E-state index in [1.165, 1.54) is 0 Å². The Morgan fingerprint density at radius 1 is 1.28 bits per heavy atom. The molecule has 0 saturated carbocycles. The maximum Gasteiger partial charge on any atom is 0.218 e. The SMILES string of the molecule is NC(=O)CCN1CCN(c2cccc(N)n2)CC1. The van der Waals surface area contributed by atoms with Gasteiger partial charge in [0.25, 0.3) is 0 Å². The Balaban J connectivity index is 1.85. The average molecular weight is 249 g/mol. The van der Waals surface area contributed by atoms with E-state index < -0.39 is 0 Å². The summed E-state index contributed by atoms with van der Waals surface area (Å²) in [5, 5.41) is 0. The number of nitrogen functional groups attached to an aromatic ring is 1. The molecule has 0 aromatic carbocycles. The van der Waals surface area contributed by atoms with Crippen LogP contribution in [0.25, 0.3) is 0 Å². The Labute approximate surface area is 107 Å². The quantitative estimate of drug-likeness (QED) is 0.762. The first-order chi connectivity index (χ1) is 8.65. The standard InChI is InChI=1S/C12H19N5O/c13-10-2-1-3-12(15-10)17-8-6-16(7-9-17)5-4-11(14)18/h1-3H,4-9H2,(H2,13,15)(H2,14,18). The molecular weight excluding hydrogens is 230 g/mol. The highest BCUT2D eigenvalue weighted by Gasteiger charge is 2.18. The third-order valence-corrected chi connectivity index (χ3v) is 3.13. The van der Waals surface area contributed by atoms with Crippen LogP contribution in [0.5, 0.6) is 0 Å². The molecule has 4 N–H and O–H groups in total. The lowest BCUT2D eigenvalue weighted by Crippen LogP contribution is -2.47. The lowest BCUT2D eigenvalue weighted by molar-refractivity contribution is -0.118. The molecule has 6 heteroatoms. The summed E-state index contributed by atoms with van der Waals surface area (Å²) in [6.07, 6.45) is 0.427. The van der Waals surface area contributed by atoms with Gasteiger partial charge in [-0.1, -0.05) is 6.07 Å². The fraction of sp³-hybridized carbons (Fsp3) is 0.500. The zero-order valence-corrected chi connectivity index (χ0v) is 10.4. The highest BCUT2D eigenvalue weighted by molar-refractivity contribution is 5.73. The molecule has 2 rings (SSSR count). The Hall–Kier alpha value is -1.82. The van der Waals surface area contributed by atoms with Crippen molar-refractivity contribution in [3.63, 3.8) is 0 Å². The molecule has 0 spiro atoms. The number of aromatic nitrogens is 1. The minimum absolute atomic E-state index is 0.241. The second kappa shape index (κ2) is 5.68. The van der Waals surface area contributed by atoms with Crippen LogP contribution in [-0.2, 0) is 4.79 Å². The first kappa shape index (κ1) is 12.6. The summed E-state index contributed by atoms with van der Waals surface area (Å²) in [7, 11) is 0. The molecule has 1 fully saturated rings. The van der Waals surface area contributed by atoms with Crippen LogP contribution in [0.15, 0.2) is 18.2 Å². The molecule has 0 aliphatic carbocycles. The van der Waals surface area contributed by atoms with Crippen molar-refractivity contribution in [3.8, 4) is 0 Å². The smallest absolute Gasteiger partial charge is 0.218 e. The number of rotatable bonds is 4. The van der Waals surface area contributed by atoms with E-state index in [2.05, 4.69) is 14.8 Å². The highest BCUT2D eigenvalue weighted by atomic mass is 16.1. The zero-order valence-electron chi connectivity index (χ0n) is 10.4. The van der Waals surface area contributed by atoms with Crippen LogP contribution in [0.1, 0.15) is 6.42 Å². The van der Waals surface area contributed by atoms with Gasteiger partial charge in [-0.05, 0) is 12.1 Å². The van der Waals surface area contributed by atoms with E-state index in [4.69, 9.17) is 11.5 Å². The number of nitrogens with two attached hydrogens (primary N) is 2. The van der Waals surface area contributed by atoms with Crippen molar-refractivity contribution in [3.05, 3.63) is 18.2 Å². The molecule has 0 atom stereocenters. The predicted molar refractivity (Wildman–Crippen MR) is 71.1 cm³/mol. The van der Waals surface area contributed by atoms with Crippen molar-refractivity contribution in [2.45, 2.75) is 6.42 Å². The van der Waals surface area contributed by atoms with Crippen LogP contribution >= 0.6 is 0 Å². The molecular formula is C12H19N5O. The second-order valence-electron chi connectivity index (χ2n) is 4.47. The number of nitrogens with zero attached hydrogens (tertiary/aromatic N) is 3. The van der Waals surface area contributed by atoms with Gasteiger partial charge in [0.15, 0.2) is 0 Å². The second-order valence-corrected chi connectivity index (χ2v) is 4.47. The third kappa shape index (κ3) is 3.33. The molecule has 0 radical (unpaired) electrons. The Kier molecular flexibility index (Phi) is 3.99. The van der Waals surface area contributed by atoms with Gasteiger partial charge >= 0.3 is 0 Å². The van der Waals surface area contributed by atoms with Gasteiger partial charge in [-0.15, -0.1) is 0 Å². The van der Waals surface area contributed by atoms with Gasteiger partial charge < -0.3 is 16.4 Å². The average Bonchev–Trinajstić information content (AvgIpc) is 2.37. The molecule has 1 aliphatic heterocycles. The molecule has 98 valence electrons. The minimum Gasteiger partial charge on any atom is -0.384 e. The molecule has 1 aromatic heterocycles. The molecule has 6 nitrogen and oxygen atoms in total. The number of carbonyl (C=O) groups is 1. The van der Waals surface area contributed by atoms with E-state index in [0.717, 1.165) is 38.5 Å². The molecule has 18 heavy (non-hydrogen) atoms. The van der Waals surface area contributed by atoms with Gasteiger partial charge in [-0.25, -0.2) is 4.98 Å². The topological polar surface area (TPSA) is 88.5 Å². The van der Waals surface area contributed by atoms with Crippen molar-refractivity contribution < 1.29 is 4.79 Å².